The minimum Gasteiger partial charge on any atom is -0.544 e. The maximum Gasteiger partial charge on any atom is 0.213 e. The summed E-state index contributed by atoms with van der Waals surface area (Å²) in [5.74, 6) is -0.308. The van der Waals surface area contributed by atoms with Gasteiger partial charge in [0.05, 0.1) is 18.6 Å². The maximum atomic E-state index is 11.4. The number of hydrogen-bond acceptors (Lipinski definition) is 6. The van der Waals surface area contributed by atoms with Crippen molar-refractivity contribution in [2.75, 3.05) is 7.11 Å². The molecule has 26 heavy (non-hydrogen) atoms. The van der Waals surface area contributed by atoms with E-state index in [1.807, 2.05) is 18.2 Å². The summed E-state index contributed by atoms with van der Waals surface area (Å²) in [6, 6.07) is 14.2. The number of benzene rings is 2. The Morgan fingerprint density at radius 3 is 2.73 bits per heavy atom. The van der Waals surface area contributed by atoms with Gasteiger partial charge in [-0.05, 0) is 41.6 Å². The summed E-state index contributed by atoms with van der Waals surface area (Å²) in [5, 5.41) is 19.0. The number of ether oxygens (including phenoxy) is 1. The predicted molar refractivity (Wildman–Crippen MR) is 98.7 cm³/mol. The second-order valence-corrected chi connectivity index (χ2v) is 6.57. The van der Waals surface area contributed by atoms with Gasteiger partial charge in [0, 0.05) is 9.93 Å². The lowest BCUT2D eigenvalue weighted by molar-refractivity contribution is -0.297. The highest BCUT2D eigenvalue weighted by atomic mass is 35.5. The SMILES string of the molecule is COc1ccc(Cl)cc1-c1nc(S/C(=C\c2ccccc2)C(=O)[O-])n[nH]1. The molecule has 6 nitrogen and oxygen atoms in total. The lowest BCUT2D eigenvalue weighted by atomic mass is 10.2. The second kappa shape index (κ2) is 8.07. The van der Waals surface area contributed by atoms with Crippen LogP contribution in [0.4, 0.5) is 0 Å². The van der Waals surface area contributed by atoms with Gasteiger partial charge in [-0.3, -0.25) is 5.10 Å². The number of rotatable bonds is 6. The zero-order chi connectivity index (χ0) is 18.5. The Morgan fingerprint density at radius 2 is 2.04 bits per heavy atom. The number of nitrogens with zero attached hydrogens (tertiary/aromatic N) is 2. The van der Waals surface area contributed by atoms with Crippen molar-refractivity contribution in [1.82, 2.24) is 15.2 Å². The summed E-state index contributed by atoms with van der Waals surface area (Å²) in [6.45, 7) is 0. The Morgan fingerprint density at radius 1 is 1.27 bits per heavy atom. The van der Waals surface area contributed by atoms with Crippen molar-refractivity contribution in [1.29, 1.82) is 0 Å². The van der Waals surface area contributed by atoms with Crippen LogP contribution in [0.5, 0.6) is 5.75 Å². The number of methoxy groups -OCH3 is 1. The van der Waals surface area contributed by atoms with Crippen LogP contribution in [0.25, 0.3) is 17.5 Å². The van der Waals surface area contributed by atoms with Gasteiger partial charge in [-0.2, -0.15) is 0 Å². The molecule has 8 heteroatoms. The highest BCUT2D eigenvalue weighted by molar-refractivity contribution is 8.04. The van der Waals surface area contributed by atoms with Crippen LogP contribution in [0.3, 0.4) is 0 Å². The molecule has 0 unspecified atom stereocenters. The molecule has 1 heterocycles. The average Bonchev–Trinajstić information content (AvgIpc) is 3.10. The zero-order valence-electron chi connectivity index (χ0n) is 13.6. The summed E-state index contributed by atoms with van der Waals surface area (Å²) in [5.41, 5.74) is 1.37. The molecule has 3 rings (SSSR count). The predicted octanol–water partition coefficient (Wildman–Crippen LogP) is 3.02. The molecular formula is C18H13ClN3O3S-. The molecule has 1 aromatic heterocycles. The molecule has 0 aliphatic rings. The fourth-order valence-corrected chi connectivity index (χ4v) is 3.08. The third-order valence-corrected chi connectivity index (χ3v) is 4.49. The number of carboxylic acid groups (broad SMARTS) is 1. The standard InChI is InChI=1S/C18H14ClN3O3S/c1-25-14-8-7-12(19)10-13(14)16-20-18(22-21-16)26-15(17(23)24)9-11-5-3-2-4-6-11/h2-10H,1H3,(H,23,24)(H,20,21,22)/p-1/b15-9-. The van der Waals surface area contributed by atoms with Crippen LogP contribution in [0, 0.1) is 0 Å². The van der Waals surface area contributed by atoms with Crippen LogP contribution in [-0.4, -0.2) is 28.3 Å². The summed E-state index contributed by atoms with van der Waals surface area (Å²) < 4.78 is 5.29. The zero-order valence-corrected chi connectivity index (χ0v) is 15.2. The number of hydrogen-bond donors (Lipinski definition) is 1. The minimum atomic E-state index is -1.30. The second-order valence-electron chi connectivity index (χ2n) is 5.12. The van der Waals surface area contributed by atoms with Crippen LogP contribution < -0.4 is 9.84 Å². The van der Waals surface area contributed by atoms with Gasteiger partial charge in [0.15, 0.2) is 5.82 Å². The van der Waals surface area contributed by atoms with Crippen LogP contribution in [0.1, 0.15) is 5.56 Å². The molecule has 1 N–H and O–H groups in total. The van der Waals surface area contributed by atoms with Gasteiger partial charge >= 0.3 is 0 Å². The number of carboxylic acids is 1. The van der Waals surface area contributed by atoms with E-state index in [9.17, 15) is 9.90 Å². The Labute approximate surface area is 158 Å². The third-order valence-electron chi connectivity index (χ3n) is 3.38. The average molecular weight is 387 g/mol. The molecule has 0 saturated carbocycles. The summed E-state index contributed by atoms with van der Waals surface area (Å²) in [6.07, 6.45) is 1.51. The first-order chi connectivity index (χ1) is 12.6. The normalized spacial score (nSPS) is 11.4. The number of carbonyl (C=O) groups excluding carboxylic acids is 1. The van der Waals surface area contributed by atoms with E-state index >= 15 is 0 Å². The molecule has 0 amide bonds. The summed E-state index contributed by atoms with van der Waals surface area (Å²) >= 11 is 6.93. The molecule has 0 fully saturated rings. The van der Waals surface area contributed by atoms with E-state index in [-0.39, 0.29) is 10.1 Å². The van der Waals surface area contributed by atoms with Crippen LogP contribution in [0.15, 0.2) is 58.6 Å². The quantitative estimate of drug-likeness (QED) is 0.517. The molecule has 0 aliphatic carbocycles. The van der Waals surface area contributed by atoms with Crippen molar-refractivity contribution in [3.63, 3.8) is 0 Å². The van der Waals surface area contributed by atoms with Crippen molar-refractivity contribution >= 4 is 35.4 Å². The highest BCUT2D eigenvalue weighted by Crippen LogP contribution is 2.32. The molecule has 3 aromatic rings. The van der Waals surface area contributed by atoms with Gasteiger partial charge in [0.25, 0.3) is 0 Å². The molecule has 0 bridgehead atoms. The van der Waals surface area contributed by atoms with Gasteiger partial charge in [-0.1, -0.05) is 41.9 Å². The highest BCUT2D eigenvalue weighted by Gasteiger charge is 2.13. The first kappa shape index (κ1) is 18.0. The summed E-state index contributed by atoms with van der Waals surface area (Å²) in [4.78, 5) is 15.7. The van der Waals surface area contributed by atoms with E-state index in [1.54, 1.807) is 30.3 Å². The number of thioether (sulfide) groups is 1. The molecule has 0 saturated heterocycles. The monoisotopic (exact) mass is 386 g/mol. The minimum absolute atomic E-state index is 0.000177. The molecule has 0 spiro atoms. The van der Waals surface area contributed by atoms with E-state index in [1.165, 1.54) is 13.2 Å². The Balaban J connectivity index is 1.89. The first-order valence-corrected chi connectivity index (χ1v) is 8.68. The lowest BCUT2D eigenvalue weighted by Crippen LogP contribution is -2.23. The molecule has 132 valence electrons. The lowest BCUT2D eigenvalue weighted by Gasteiger charge is -2.06. The Bertz CT molecular complexity index is 957. The van der Waals surface area contributed by atoms with E-state index in [2.05, 4.69) is 15.2 Å². The molecule has 0 radical (unpaired) electrons. The van der Waals surface area contributed by atoms with Crippen molar-refractivity contribution in [3.8, 4) is 17.1 Å². The van der Waals surface area contributed by atoms with Crippen molar-refractivity contribution in [2.45, 2.75) is 5.16 Å². The number of nitrogens with one attached hydrogen (secondary N) is 1. The Kier molecular flexibility index (Phi) is 5.60. The van der Waals surface area contributed by atoms with E-state index in [0.29, 0.717) is 22.2 Å². The molecule has 0 atom stereocenters. The van der Waals surface area contributed by atoms with E-state index < -0.39 is 5.97 Å². The maximum absolute atomic E-state index is 11.4. The topological polar surface area (TPSA) is 90.9 Å². The first-order valence-electron chi connectivity index (χ1n) is 7.49. The molecular weight excluding hydrogens is 374 g/mol. The van der Waals surface area contributed by atoms with Crippen molar-refractivity contribution in [2.24, 2.45) is 0 Å². The van der Waals surface area contributed by atoms with Gasteiger partial charge in [-0.15, -0.1) is 5.10 Å². The van der Waals surface area contributed by atoms with Gasteiger partial charge < -0.3 is 14.6 Å². The van der Waals surface area contributed by atoms with E-state index in [0.717, 1.165) is 17.3 Å². The number of halogens is 1. The Hall–Kier alpha value is -2.77. The summed E-state index contributed by atoms with van der Waals surface area (Å²) in [7, 11) is 1.54. The molecule has 2 aromatic carbocycles. The van der Waals surface area contributed by atoms with Gasteiger partial charge in [-0.25, -0.2) is 4.98 Å². The largest absolute Gasteiger partial charge is 0.544 e. The molecule has 0 aliphatic heterocycles. The van der Waals surface area contributed by atoms with E-state index in [4.69, 9.17) is 16.3 Å². The fourth-order valence-electron chi connectivity index (χ4n) is 2.21. The number of H-pyrrole nitrogens is 1. The van der Waals surface area contributed by atoms with Crippen molar-refractivity contribution in [3.05, 3.63) is 64.0 Å². The number of aromatic amines is 1. The van der Waals surface area contributed by atoms with Crippen LogP contribution in [0.2, 0.25) is 5.02 Å². The number of carbonyl (C=O) groups is 1. The number of aromatic nitrogens is 3. The van der Waals surface area contributed by atoms with Gasteiger partial charge in [0.1, 0.15) is 5.75 Å². The van der Waals surface area contributed by atoms with Crippen molar-refractivity contribution < 1.29 is 14.6 Å². The smallest absolute Gasteiger partial charge is 0.213 e. The fraction of sp³-hybridized carbons (Fsp3) is 0.0556. The van der Waals surface area contributed by atoms with Crippen LogP contribution >= 0.6 is 23.4 Å². The van der Waals surface area contributed by atoms with Gasteiger partial charge in [0.2, 0.25) is 5.16 Å². The third kappa shape index (κ3) is 4.25. The number of aliphatic carboxylic acids is 1. The van der Waals surface area contributed by atoms with Crippen LogP contribution in [-0.2, 0) is 4.79 Å².